The molecule has 0 bridgehead atoms. The zero-order valence-corrected chi connectivity index (χ0v) is 15.8. The first-order chi connectivity index (χ1) is 12.3. The average Bonchev–Trinajstić information content (AvgIpc) is 3.11. The number of aromatic nitrogens is 3. The predicted octanol–water partition coefficient (Wildman–Crippen LogP) is 3.34. The molecule has 3 heterocycles. The first kappa shape index (κ1) is 16.6. The van der Waals surface area contributed by atoms with Crippen molar-refractivity contribution in [2.75, 3.05) is 30.4 Å². The zero-order chi connectivity index (χ0) is 18.6. The maximum Gasteiger partial charge on any atom is 0.237 e. The number of rotatable bonds is 3. The van der Waals surface area contributed by atoms with Crippen LogP contribution in [-0.2, 0) is 10.2 Å². The van der Waals surface area contributed by atoms with Crippen LogP contribution in [0.2, 0.25) is 0 Å². The highest BCUT2D eigenvalue weighted by Gasteiger charge is 2.43. The van der Waals surface area contributed by atoms with Crippen molar-refractivity contribution in [3.8, 4) is 11.4 Å². The van der Waals surface area contributed by atoms with E-state index in [9.17, 15) is 4.79 Å². The topological polar surface area (TPSA) is 65.1 Å². The van der Waals surface area contributed by atoms with Gasteiger partial charge in [-0.05, 0) is 50.6 Å². The third-order valence-electron chi connectivity index (χ3n) is 5.12. The minimum absolute atomic E-state index is 0.144. The van der Waals surface area contributed by atoms with Gasteiger partial charge in [0, 0.05) is 26.8 Å². The number of likely N-dealkylation sites (N-methyl/N-ethyl adjacent to an activating group) is 1. The van der Waals surface area contributed by atoms with Gasteiger partial charge in [-0.15, -0.1) is 0 Å². The summed E-state index contributed by atoms with van der Waals surface area (Å²) < 4.78 is 0. The van der Waals surface area contributed by atoms with Crippen LogP contribution in [0.3, 0.4) is 0 Å². The number of pyridine rings is 1. The number of hydrogen-bond donors (Lipinski definition) is 1. The van der Waals surface area contributed by atoms with Crippen LogP contribution in [0.15, 0.2) is 30.5 Å². The highest BCUT2D eigenvalue weighted by atomic mass is 16.2. The van der Waals surface area contributed by atoms with Crippen LogP contribution in [0.4, 0.5) is 11.5 Å². The number of fused-ring (bicyclic) bond motifs is 2. The molecule has 0 saturated carbocycles. The van der Waals surface area contributed by atoms with Gasteiger partial charge in [-0.25, -0.2) is 9.97 Å². The number of aromatic amines is 1. The van der Waals surface area contributed by atoms with Crippen LogP contribution in [0.25, 0.3) is 22.4 Å². The van der Waals surface area contributed by atoms with Gasteiger partial charge in [0.25, 0.3) is 0 Å². The van der Waals surface area contributed by atoms with Crippen LogP contribution in [0.1, 0.15) is 26.3 Å². The Morgan fingerprint density at radius 2 is 2.04 bits per heavy atom. The summed E-state index contributed by atoms with van der Waals surface area (Å²) in [5.74, 6) is 1.79. The molecule has 1 amide bonds. The summed E-state index contributed by atoms with van der Waals surface area (Å²) in [6, 6.07) is 8.02. The Morgan fingerprint density at radius 3 is 2.73 bits per heavy atom. The standard InChI is InChI=1S/C20H23N5O/c1-6-25-16-11-15-14(10-13(16)20(2,3)19(25)26)22-17(23-15)12-8-7-9-21-18(12)24(4)5/h7-11H,6H2,1-5H3,(H,22,23). The minimum Gasteiger partial charge on any atom is -0.362 e. The van der Waals surface area contributed by atoms with Crippen LogP contribution in [0.5, 0.6) is 0 Å². The fraction of sp³-hybridized carbons (Fsp3) is 0.350. The SMILES string of the molecule is CCN1C(=O)C(C)(C)c2cc3[nH]c(-c4cccnc4N(C)C)nc3cc21. The van der Waals surface area contributed by atoms with E-state index in [0.717, 1.165) is 39.5 Å². The number of H-pyrrole nitrogens is 1. The first-order valence-corrected chi connectivity index (χ1v) is 8.83. The molecular formula is C20H23N5O. The van der Waals surface area contributed by atoms with E-state index in [1.165, 1.54) is 0 Å². The molecule has 134 valence electrons. The van der Waals surface area contributed by atoms with Crippen LogP contribution in [-0.4, -0.2) is 41.5 Å². The van der Waals surface area contributed by atoms with Crippen molar-refractivity contribution in [3.05, 3.63) is 36.0 Å². The fourth-order valence-electron chi connectivity index (χ4n) is 3.71. The molecule has 6 nitrogen and oxygen atoms in total. The Labute approximate surface area is 152 Å². The number of carbonyl (C=O) groups excluding carboxylic acids is 1. The van der Waals surface area contributed by atoms with Crippen molar-refractivity contribution in [3.63, 3.8) is 0 Å². The van der Waals surface area contributed by atoms with E-state index in [1.54, 1.807) is 6.20 Å². The molecule has 0 spiro atoms. The third-order valence-corrected chi connectivity index (χ3v) is 5.12. The number of anilines is 2. The highest BCUT2D eigenvalue weighted by molar-refractivity contribution is 6.09. The number of hydrogen-bond acceptors (Lipinski definition) is 4. The Bertz CT molecular complexity index is 1020. The van der Waals surface area contributed by atoms with Gasteiger partial charge < -0.3 is 14.8 Å². The molecule has 0 atom stereocenters. The lowest BCUT2D eigenvalue weighted by atomic mass is 9.86. The van der Waals surface area contributed by atoms with Crippen molar-refractivity contribution in [1.82, 2.24) is 15.0 Å². The smallest absolute Gasteiger partial charge is 0.237 e. The molecule has 0 fully saturated rings. The second-order valence-corrected chi connectivity index (χ2v) is 7.42. The summed E-state index contributed by atoms with van der Waals surface area (Å²) >= 11 is 0. The molecule has 0 unspecified atom stereocenters. The molecule has 4 rings (SSSR count). The predicted molar refractivity (Wildman–Crippen MR) is 105 cm³/mol. The maximum absolute atomic E-state index is 12.7. The monoisotopic (exact) mass is 349 g/mol. The van der Waals surface area contributed by atoms with E-state index in [-0.39, 0.29) is 5.91 Å². The fourth-order valence-corrected chi connectivity index (χ4v) is 3.71. The molecular weight excluding hydrogens is 326 g/mol. The quantitative estimate of drug-likeness (QED) is 0.788. The van der Waals surface area contributed by atoms with E-state index in [0.29, 0.717) is 6.54 Å². The summed E-state index contributed by atoms with van der Waals surface area (Å²) in [4.78, 5) is 29.2. The summed E-state index contributed by atoms with van der Waals surface area (Å²) in [5.41, 5.74) is 4.24. The molecule has 1 aliphatic rings. The number of benzene rings is 1. The highest BCUT2D eigenvalue weighted by Crippen LogP contribution is 2.43. The number of amides is 1. The number of imidazole rings is 1. The van der Waals surface area contributed by atoms with Crippen LogP contribution >= 0.6 is 0 Å². The molecule has 26 heavy (non-hydrogen) atoms. The van der Waals surface area contributed by atoms with Gasteiger partial charge in [-0.3, -0.25) is 4.79 Å². The lowest BCUT2D eigenvalue weighted by Crippen LogP contribution is -2.35. The lowest BCUT2D eigenvalue weighted by molar-refractivity contribution is -0.122. The second kappa shape index (κ2) is 5.56. The van der Waals surface area contributed by atoms with Gasteiger partial charge in [-0.2, -0.15) is 0 Å². The van der Waals surface area contributed by atoms with Gasteiger partial charge in [-0.1, -0.05) is 0 Å². The Hall–Kier alpha value is -2.89. The van der Waals surface area contributed by atoms with Gasteiger partial charge >= 0.3 is 0 Å². The molecule has 0 aliphatic carbocycles. The molecule has 0 saturated heterocycles. The molecule has 1 N–H and O–H groups in total. The van der Waals surface area contributed by atoms with Gasteiger partial charge in [0.15, 0.2) is 0 Å². The Kier molecular flexibility index (Phi) is 3.54. The summed E-state index contributed by atoms with van der Waals surface area (Å²) in [5, 5.41) is 0. The number of nitrogens with zero attached hydrogens (tertiary/aromatic N) is 4. The summed E-state index contributed by atoms with van der Waals surface area (Å²) in [6.07, 6.45) is 1.78. The second-order valence-electron chi connectivity index (χ2n) is 7.42. The molecule has 0 radical (unpaired) electrons. The van der Waals surface area contributed by atoms with Gasteiger partial charge in [0.05, 0.1) is 27.7 Å². The lowest BCUT2D eigenvalue weighted by Gasteiger charge is -2.18. The molecule has 1 aliphatic heterocycles. The van der Waals surface area contributed by atoms with Crippen LogP contribution in [0, 0.1) is 0 Å². The Balaban J connectivity index is 1.91. The Morgan fingerprint density at radius 1 is 1.27 bits per heavy atom. The van der Waals surface area contributed by atoms with Crippen molar-refractivity contribution in [2.24, 2.45) is 0 Å². The van der Waals surface area contributed by atoms with E-state index in [2.05, 4.69) is 16.0 Å². The number of nitrogens with one attached hydrogen (secondary N) is 1. The first-order valence-electron chi connectivity index (χ1n) is 8.83. The van der Waals surface area contributed by atoms with Crippen molar-refractivity contribution in [1.29, 1.82) is 0 Å². The van der Waals surface area contributed by atoms with Crippen molar-refractivity contribution >= 4 is 28.4 Å². The van der Waals surface area contributed by atoms with Gasteiger partial charge in [0.1, 0.15) is 11.6 Å². The van der Waals surface area contributed by atoms with Gasteiger partial charge in [0.2, 0.25) is 5.91 Å². The van der Waals surface area contributed by atoms with Crippen LogP contribution < -0.4 is 9.80 Å². The van der Waals surface area contributed by atoms with Crippen molar-refractivity contribution in [2.45, 2.75) is 26.2 Å². The normalized spacial score (nSPS) is 15.6. The van der Waals surface area contributed by atoms with E-state index < -0.39 is 5.41 Å². The molecule has 6 heteroatoms. The molecule has 3 aromatic rings. The van der Waals surface area contributed by atoms with E-state index in [1.807, 2.05) is 62.9 Å². The largest absolute Gasteiger partial charge is 0.362 e. The number of carbonyl (C=O) groups is 1. The minimum atomic E-state index is -0.520. The van der Waals surface area contributed by atoms with Crippen molar-refractivity contribution < 1.29 is 4.79 Å². The average molecular weight is 349 g/mol. The summed E-state index contributed by atoms with van der Waals surface area (Å²) in [7, 11) is 3.94. The van der Waals surface area contributed by atoms with E-state index >= 15 is 0 Å². The summed E-state index contributed by atoms with van der Waals surface area (Å²) in [6.45, 7) is 6.63. The van der Waals surface area contributed by atoms with E-state index in [4.69, 9.17) is 4.98 Å². The zero-order valence-electron chi connectivity index (χ0n) is 15.8. The maximum atomic E-state index is 12.7. The third kappa shape index (κ3) is 2.21. The molecule has 2 aromatic heterocycles. The molecule has 1 aromatic carbocycles.